The minimum absolute atomic E-state index is 0.109. The lowest BCUT2D eigenvalue weighted by Crippen LogP contribution is -2.64. The second-order valence-electron chi connectivity index (χ2n) is 8.14. The van der Waals surface area contributed by atoms with E-state index in [0.29, 0.717) is 12.7 Å². The van der Waals surface area contributed by atoms with Crippen LogP contribution >= 0.6 is 0 Å². The first-order valence-corrected chi connectivity index (χ1v) is 9.83. The van der Waals surface area contributed by atoms with Gasteiger partial charge in [-0.25, -0.2) is 0 Å². The quantitative estimate of drug-likeness (QED) is 0.815. The summed E-state index contributed by atoms with van der Waals surface area (Å²) in [6.45, 7) is 9.38. The fourth-order valence-corrected chi connectivity index (χ4v) is 4.64. The summed E-state index contributed by atoms with van der Waals surface area (Å²) in [4.78, 5) is 5.00. The lowest BCUT2D eigenvalue weighted by atomic mass is 9.82. The van der Waals surface area contributed by atoms with Crippen LogP contribution in [-0.4, -0.2) is 74.7 Å². The van der Waals surface area contributed by atoms with Gasteiger partial charge < -0.3 is 18.9 Å². The van der Waals surface area contributed by atoms with Crippen molar-refractivity contribution in [3.8, 4) is 11.5 Å². The lowest BCUT2D eigenvalue weighted by molar-refractivity contribution is -0.184. The molecular weight excluding hydrogens is 332 g/mol. The maximum absolute atomic E-state index is 6.35. The molecule has 0 bridgehead atoms. The number of rotatable bonds is 4. The minimum Gasteiger partial charge on any atom is -0.454 e. The van der Waals surface area contributed by atoms with E-state index in [-0.39, 0.29) is 5.60 Å². The highest BCUT2D eigenvalue weighted by molar-refractivity contribution is 5.44. The summed E-state index contributed by atoms with van der Waals surface area (Å²) in [5, 5.41) is 0. The highest BCUT2D eigenvalue weighted by Crippen LogP contribution is 2.38. The van der Waals surface area contributed by atoms with E-state index in [9.17, 15) is 0 Å². The largest absolute Gasteiger partial charge is 0.454 e. The molecule has 0 N–H and O–H groups in total. The van der Waals surface area contributed by atoms with E-state index in [1.54, 1.807) is 0 Å². The Morgan fingerprint density at radius 2 is 1.88 bits per heavy atom. The van der Waals surface area contributed by atoms with Crippen LogP contribution in [0, 0.1) is 5.92 Å². The van der Waals surface area contributed by atoms with Crippen LogP contribution in [0.5, 0.6) is 11.5 Å². The Balaban J connectivity index is 1.08. The average molecular weight is 360 g/mol. The van der Waals surface area contributed by atoms with Crippen LogP contribution in [0.1, 0.15) is 18.4 Å². The van der Waals surface area contributed by atoms with Crippen molar-refractivity contribution >= 4 is 0 Å². The average Bonchev–Trinajstić information content (AvgIpc) is 3.11. The smallest absolute Gasteiger partial charge is 0.231 e. The summed E-state index contributed by atoms with van der Waals surface area (Å²) in [5.41, 5.74) is 1.39. The molecule has 0 aliphatic carbocycles. The van der Waals surface area contributed by atoms with Gasteiger partial charge in [0.2, 0.25) is 6.79 Å². The Morgan fingerprint density at radius 1 is 1.04 bits per heavy atom. The number of likely N-dealkylation sites (tertiary alicyclic amines) is 1. The highest BCUT2D eigenvalue weighted by Gasteiger charge is 2.46. The Kier molecular flexibility index (Phi) is 4.52. The van der Waals surface area contributed by atoms with Crippen molar-refractivity contribution in [2.24, 2.45) is 5.92 Å². The molecule has 4 heterocycles. The molecule has 1 atom stereocenters. The van der Waals surface area contributed by atoms with Crippen molar-refractivity contribution in [1.29, 1.82) is 0 Å². The third-order valence-corrected chi connectivity index (χ3v) is 6.12. The first-order valence-electron chi connectivity index (χ1n) is 9.83. The summed E-state index contributed by atoms with van der Waals surface area (Å²) < 4.78 is 22.7. The zero-order valence-electron chi connectivity index (χ0n) is 15.3. The van der Waals surface area contributed by atoms with Crippen LogP contribution in [0.4, 0.5) is 0 Å². The number of hydrogen-bond donors (Lipinski definition) is 0. The monoisotopic (exact) mass is 360 g/mol. The molecule has 0 aromatic heterocycles. The van der Waals surface area contributed by atoms with E-state index < -0.39 is 0 Å². The van der Waals surface area contributed by atoms with Gasteiger partial charge in [-0.1, -0.05) is 6.07 Å². The van der Waals surface area contributed by atoms with E-state index in [2.05, 4.69) is 21.9 Å². The maximum atomic E-state index is 6.35. The molecule has 4 aliphatic rings. The Morgan fingerprint density at radius 3 is 2.69 bits per heavy atom. The molecule has 1 aromatic rings. The van der Waals surface area contributed by atoms with Crippen molar-refractivity contribution < 1.29 is 18.9 Å². The summed E-state index contributed by atoms with van der Waals surface area (Å²) in [7, 11) is 0. The van der Waals surface area contributed by atoms with Gasteiger partial charge in [0.1, 0.15) is 0 Å². The zero-order valence-corrected chi connectivity index (χ0v) is 15.3. The first-order chi connectivity index (χ1) is 12.8. The standard InChI is InChI=1S/C20H28N2O4/c1-2-18-19(25-15-24-18)9-16(1)10-22-13-20(14-22)4-3-17(12-26-20)11-21-5-7-23-8-6-21/h1-2,9,17H,3-8,10-15H2/t17-/m0/s1. The summed E-state index contributed by atoms with van der Waals surface area (Å²) in [5.74, 6) is 2.41. The van der Waals surface area contributed by atoms with Gasteiger partial charge in [-0.2, -0.15) is 0 Å². The summed E-state index contributed by atoms with van der Waals surface area (Å²) in [6, 6.07) is 6.26. The van der Waals surface area contributed by atoms with Gasteiger partial charge >= 0.3 is 0 Å². The van der Waals surface area contributed by atoms with Gasteiger partial charge in [0, 0.05) is 39.3 Å². The second kappa shape index (κ2) is 7.00. The van der Waals surface area contributed by atoms with E-state index in [4.69, 9.17) is 18.9 Å². The molecule has 6 nitrogen and oxygen atoms in total. The first kappa shape index (κ1) is 16.8. The van der Waals surface area contributed by atoms with Crippen LogP contribution < -0.4 is 9.47 Å². The Bertz CT molecular complexity index is 631. The summed E-state index contributed by atoms with van der Waals surface area (Å²) in [6.07, 6.45) is 2.48. The number of morpholine rings is 1. The molecule has 6 heteroatoms. The van der Waals surface area contributed by atoms with Crippen LogP contribution in [0.2, 0.25) is 0 Å². The van der Waals surface area contributed by atoms with Crippen LogP contribution in [0.25, 0.3) is 0 Å². The number of fused-ring (bicyclic) bond motifs is 1. The van der Waals surface area contributed by atoms with Gasteiger partial charge in [0.05, 0.1) is 25.4 Å². The number of benzene rings is 1. The third kappa shape index (κ3) is 3.43. The Labute approximate surface area is 154 Å². The van der Waals surface area contributed by atoms with Crippen LogP contribution in [0.15, 0.2) is 18.2 Å². The van der Waals surface area contributed by atoms with E-state index in [1.807, 2.05) is 6.07 Å². The molecule has 1 aromatic carbocycles. The van der Waals surface area contributed by atoms with Crippen molar-refractivity contribution in [2.75, 3.05) is 59.3 Å². The molecule has 3 fully saturated rings. The van der Waals surface area contributed by atoms with Crippen LogP contribution in [0.3, 0.4) is 0 Å². The van der Waals surface area contributed by atoms with Gasteiger partial charge in [-0.05, 0) is 36.5 Å². The molecular formula is C20H28N2O4. The van der Waals surface area contributed by atoms with E-state index in [1.165, 1.54) is 24.9 Å². The fourth-order valence-electron chi connectivity index (χ4n) is 4.64. The normalized spacial score (nSPS) is 28.2. The topological polar surface area (TPSA) is 43.4 Å². The van der Waals surface area contributed by atoms with Crippen molar-refractivity contribution in [3.05, 3.63) is 23.8 Å². The van der Waals surface area contributed by atoms with Gasteiger partial charge in [0.25, 0.3) is 0 Å². The second-order valence-corrected chi connectivity index (χ2v) is 8.14. The number of ether oxygens (including phenoxy) is 4. The molecule has 0 amide bonds. The lowest BCUT2D eigenvalue weighted by Gasteiger charge is -2.53. The molecule has 5 rings (SSSR count). The van der Waals surface area contributed by atoms with Crippen LogP contribution in [-0.2, 0) is 16.0 Å². The molecule has 3 saturated heterocycles. The predicted molar refractivity (Wildman–Crippen MR) is 96.5 cm³/mol. The molecule has 0 unspecified atom stereocenters. The molecule has 0 saturated carbocycles. The SMILES string of the molecule is c1cc2c(cc1CN1CC3(CC[C@@H](CN4CCOCC4)CO3)C1)OCO2. The van der Waals surface area contributed by atoms with Crippen molar-refractivity contribution in [1.82, 2.24) is 9.80 Å². The Hall–Kier alpha value is -1.34. The minimum atomic E-state index is 0.109. The molecule has 4 aliphatic heterocycles. The molecule has 142 valence electrons. The molecule has 1 spiro atoms. The zero-order chi connectivity index (χ0) is 17.4. The number of nitrogens with zero attached hydrogens (tertiary/aromatic N) is 2. The predicted octanol–water partition coefficient (Wildman–Crippen LogP) is 1.73. The van der Waals surface area contributed by atoms with Gasteiger partial charge in [-0.15, -0.1) is 0 Å². The highest BCUT2D eigenvalue weighted by atomic mass is 16.7. The van der Waals surface area contributed by atoms with Crippen molar-refractivity contribution in [3.63, 3.8) is 0 Å². The molecule has 26 heavy (non-hydrogen) atoms. The third-order valence-electron chi connectivity index (χ3n) is 6.12. The summed E-state index contributed by atoms with van der Waals surface area (Å²) >= 11 is 0. The fraction of sp³-hybridized carbons (Fsp3) is 0.700. The molecule has 0 radical (unpaired) electrons. The van der Waals surface area contributed by atoms with E-state index >= 15 is 0 Å². The van der Waals surface area contributed by atoms with Gasteiger partial charge in [-0.3, -0.25) is 9.80 Å². The maximum Gasteiger partial charge on any atom is 0.231 e. The van der Waals surface area contributed by atoms with E-state index in [0.717, 1.165) is 64.0 Å². The van der Waals surface area contributed by atoms with Gasteiger partial charge in [0.15, 0.2) is 11.5 Å². The number of hydrogen-bond acceptors (Lipinski definition) is 6. The van der Waals surface area contributed by atoms with Crippen molar-refractivity contribution in [2.45, 2.75) is 25.0 Å².